The van der Waals surface area contributed by atoms with Gasteiger partial charge in [0.2, 0.25) is 5.92 Å². The summed E-state index contributed by atoms with van der Waals surface area (Å²) >= 11 is 0. The lowest BCUT2D eigenvalue weighted by molar-refractivity contribution is -0.0547. The topological polar surface area (TPSA) is 26.0 Å². The molecular weight excluding hydrogens is 220 g/mol. The molecule has 0 spiro atoms. The van der Waals surface area contributed by atoms with Crippen LogP contribution < -0.4 is 5.73 Å². The zero-order valence-corrected chi connectivity index (χ0v) is 9.79. The Kier molecular flexibility index (Phi) is 3.99. The number of hydrogen-bond acceptors (Lipinski definition) is 1. The van der Waals surface area contributed by atoms with Crippen LogP contribution in [0.5, 0.6) is 0 Å². The lowest BCUT2D eigenvalue weighted by Crippen LogP contribution is -2.48. The molecule has 0 aromatic carbocycles. The molecule has 1 nitrogen and oxygen atoms in total. The largest absolute Gasteiger partial charge is 0.325 e. The van der Waals surface area contributed by atoms with Gasteiger partial charge in [-0.05, 0) is 25.2 Å². The third kappa shape index (κ3) is 3.28. The zero-order valence-electron chi connectivity index (χ0n) is 8.98. The van der Waals surface area contributed by atoms with Gasteiger partial charge in [0.05, 0.1) is 0 Å². The minimum absolute atomic E-state index is 0. The van der Waals surface area contributed by atoms with Gasteiger partial charge in [0.1, 0.15) is 0 Å². The van der Waals surface area contributed by atoms with Gasteiger partial charge in [-0.3, -0.25) is 0 Å². The number of nitrogens with two attached hydrogens (primary N) is 1. The molecule has 0 aromatic rings. The highest BCUT2D eigenvalue weighted by molar-refractivity contribution is 5.85. The summed E-state index contributed by atoms with van der Waals surface area (Å²) in [4.78, 5) is 0. The van der Waals surface area contributed by atoms with E-state index >= 15 is 0 Å². The van der Waals surface area contributed by atoms with Gasteiger partial charge < -0.3 is 5.73 Å². The Morgan fingerprint density at radius 1 is 1.07 bits per heavy atom. The predicted octanol–water partition coefficient (Wildman–Crippen LogP) is 3.51. The van der Waals surface area contributed by atoms with Crippen LogP contribution >= 0.6 is 12.4 Å². The van der Waals surface area contributed by atoms with Crippen LogP contribution in [-0.4, -0.2) is 11.5 Å². The van der Waals surface area contributed by atoms with Crippen molar-refractivity contribution >= 4 is 12.4 Å². The molecule has 0 unspecified atom stereocenters. The minimum Gasteiger partial charge on any atom is -0.325 e. The maximum absolute atomic E-state index is 12.9. The Morgan fingerprint density at radius 2 is 1.60 bits per heavy atom. The van der Waals surface area contributed by atoms with Crippen LogP contribution in [0, 0.1) is 5.92 Å². The van der Waals surface area contributed by atoms with Crippen LogP contribution in [0.4, 0.5) is 8.78 Å². The zero-order chi connectivity index (χ0) is 10.2. The molecule has 2 fully saturated rings. The average Bonchev–Trinajstić information content (AvgIpc) is 2.05. The summed E-state index contributed by atoms with van der Waals surface area (Å²) in [6.45, 7) is 0. The molecule has 15 heavy (non-hydrogen) atoms. The maximum atomic E-state index is 12.9. The third-order valence-corrected chi connectivity index (χ3v) is 3.90. The molecule has 0 bridgehead atoms. The normalized spacial score (nSPS) is 29.0. The molecule has 0 aromatic heterocycles. The first-order valence-corrected chi connectivity index (χ1v) is 5.66. The number of hydrogen-bond donors (Lipinski definition) is 1. The average molecular weight is 240 g/mol. The van der Waals surface area contributed by atoms with Gasteiger partial charge in [-0.1, -0.05) is 19.3 Å². The van der Waals surface area contributed by atoms with Gasteiger partial charge in [0.15, 0.2) is 0 Å². The van der Waals surface area contributed by atoms with Crippen molar-refractivity contribution in [3.63, 3.8) is 0 Å². The van der Waals surface area contributed by atoms with E-state index in [-0.39, 0.29) is 30.8 Å². The van der Waals surface area contributed by atoms with Crippen LogP contribution in [0.2, 0.25) is 0 Å². The van der Waals surface area contributed by atoms with Gasteiger partial charge in [0.25, 0.3) is 0 Å². The third-order valence-electron chi connectivity index (χ3n) is 3.90. The SMILES string of the molecule is Cl.NC1(CC2CCC2)CCC(F)(F)CC1. The van der Waals surface area contributed by atoms with Crippen LogP contribution in [0.3, 0.4) is 0 Å². The van der Waals surface area contributed by atoms with E-state index in [9.17, 15) is 8.78 Å². The summed E-state index contributed by atoms with van der Waals surface area (Å²) in [5.41, 5.74) is 5.89. The van der Waals surface area contributed by atoms with Gasteiger partial charge in [-0.2, -0.15) is 0 Å². The lowest BCUT2D eigenvalue weighted by atomic mass is 9.70. The van der Waals surface area contributed by atoms with Crippen molar-refractivity contribution in [3.8, 4) is 0 Å². The van der Waals surface area contributed by atoms with Gasteiger partial charge in [-0.15, -0.1) is 12.4 Å². The van der Waals surface area contributed by atoms with Crippen molar-refractivity contribution in [2.75, 3.05) is 0 Å². The quantitative estimate of drug-likeness (QED) is 0.784. The van der Waals surface area contributed by atoms with Gasteiger partial charge >= 0.3 is 0 Å². The summed E-state index contributed by atoms with van der Waals surface area (Å²) in [5, 5.41) is 0. The second-order valence-electron chi connectivity index (χ2n) is 5.22. The molecule has 0 heterocycles. The van der Waals surface area contributed by atoms with Crippen molar-refractivity contribution in [3.05, 3.63) is 0 Å². The molecule has 0 aliphatic heterocycles. The Morgan fingerprint density at radius 3 is 2.00 bits per heavy atom. The fraction of sp³-hybridized carbons (Fsp3) is 1.00. The Bertz CT molecular complexity index is 207. The van der Waals surface area contributed by atoms with Crippen molar-refractivity contribution in [1.82, 2.24) is 0 Å². The lowest BCUT2D eigenvalue weighted by Gasteiger charge is -2.41. The van der Waals surface area contributed by atoms with Crippen molar-refractivity contribution in [1.29, 1.82) is 0 Å². The standard InChI is InChI=1S/C11H19F2N.ClH/c12-11(13)6-4-10(14,5-7-11)8-9-2-1-3-9;/h9H,1-8,14H2;1H. The Labute approximate surface area is 96.2 Å². The summed E-state index contributed by atoms with van der Waals surface area (Å²) in [5.74, 6) is -1.71. The summed E-state index contributed by atoms with van der Waals surface area (Å²) < 4.78 is 25.9. The monoisotopic (exact) mass is 239 g/mol. The van der Waals surface area contributed by atoms with E-state index in [2.05, 4.69) is 0 Å². The molecule has 4 heteroatoms. The maximum Gasteiger partial charge on any atom is 0.248 e. The number of alkyl halides is 2. The Balaban J connectivity index is 0.00000112. The fourth-order valence-electron chi connectivity index (χ4n) is 2.59. The molecule has 0 atom stereocenters. The van der Waals surface area contributed by atoms with E-state index in [0.717, 1.165) is 12.3 Å². The van der Waals surface area contributed by atoms with E-state index in [1.54, 1.807) is 0 Å². The smallest absolute Gasteiger partial charge is 0.248 e. The summed E-state index contributed by atoms with van der Waals surface area (Å²) in [7, 11) is 0. The first kappa shape index (κ1) is 13.2. The van der Waals surface area contributed by atoms with Crippen molar-refractivity contribution in [2.45, 2.75) is 62.8 Å². The first-order chi connectivity index (χ1) is 6.49. The molecule has 90 valence electrons. The van der Waals surface area contributed by atoms with Crippen LogP contribution in [0.25, 0.3) is 0 Å². The molecule has 2 aliphatic carbocycles. The van der Waals surface area contributed by atoms with Crippen molar-refractivity contribution in [2.24, 2.45) is 11.7 Å². The predicted molar refractivity (Wildman–Crippen MR) is 59.5 cm³/mol. The van der Waals surface area contributed by atoms with Crippen LogP contribution in [-0.2, 0) is 0 Å². The highest BCUT2D eigenvalue weighted by Gasteiger charge is 2.42. The van der Waals surface area contributed by atoms with E-state index in [1.807, 2.05) is 0 Å². The second-order valence-corrected chi connectivity index (χ2v) is 5.22. The fourth-order valence-corrected chi connectivity index (χ4v) is 2.59. The molecule has 2 rings (SSSR count). The van der Waals surface area contributed by atoms with E-state index < -0.39 is 5.92 Å². The van der Waals surface area contributed by atoms with Crippen molar-refractivity contribution < 1.29 is 8.78 Å². The summed E-state index contributed by atoms with van der Waals surface area (Å²) in [6.07, 6.45) is 5.81. The molecule has 0 saturated heterocycles. The molecular formula is C11H20ClF2N. The van der Waals surface area contributed by atoms with E-state index in [1.165, 1.54) is 19.3 Å². The minimum atomic E-state index is -2.44. The summed E-state index contributed by atoms with van der Waals surface area (Å²) in [6, 6.07) is 0. The second kappa shape index (κ2) is 4.54. The van der Waals surface area contributed by atoms with Gasteiger partial charge in [-0.25, -0.2) is 8.78 Å². The van der Waals surface area contributed by atoms with Crippen LogP contribution in [0.1, 0.15) is 51.4 Å². The molecule has 2 aliphatic rings. The number of halogens is 3. The van der Waals surface area contributed by atoms with E-state index in [0.29, 0.717) is 12.8 Å². The number of rotatable bonds is 2. The molecule has 0 amide bonds. The van der Waals surface area contributed by atoms with Gasteiger partial charge in [0, 0.05) is 18.4 Å². The Hall–Kier alpha value is 0.110. The molecule has 0 radical (unpaired) electrons. The van der Waals surface area contributed by atoms with E-state index in [4.69, 9.17) is 5.73 Å². The highest BCUT2D eigenvalue weighted by Crippen LogP contribution is 2.43. The highest BCUT2D eigenvalue weighted by atomic mass is 35.5. The first-order valence-electron chi connectivity index (χ1n) is 5.66. The molecule has 2 saturated carbocycles. The van der Waals surface area contributed by atoms with Crippen LogP contribution in [0.15, 0.2) is 0 Å². The molecule has 2 N–H and O–H groups in total.